The highest BCUT2D eigenvalue weighted by Gasteiger charge is 2.31. The predicted octanol–water partition coefficient (Wildman–Crippen LogP) is 1.86. The maximum Gasteiger partial charge on any atom is 0.181 e. The molecule has 0 N–H and O–H groups in total. The van der Waals surface area contributed by atoms with Crippen LogP contribution < -0.4 is 0 Å². The minimum Gasteiger partial charge on any atom is -0.281 e. The van der Waals surface area contributed by atoms with Crippen LogP contribution in [0.15, 0.2) is 4.34 Å². The van der Waals surface area contributed by atoms with Crippen molar-refractivity contribution in [2.45, 2.75) is 30.4 Å². The van der Waals surface area contributed by atoms with Gasteiger partial charge in [0, 0.05) is 6.04 Å². The normalized spacial score (nSPS) is 22.2. The van der Waals surface area contributed by atoms with E-state index in [0.717, 1.165) is 14.8 Å². The summed E-state index contributed by atoms with van der Waals surface area (Å²) in [5.41, 5.74) is 0. The number of sulfone groups is 1. The summed E-state index contributed by atoms with van der Waals surface area (Å²) in [6.07, 6.45) is 2.68. The molecule has 9 heteroatoms. The first kappa shape index (κ1) is 15.4. The number of aromatic nitrogens is 2. The van der Waals surface area contributed by atoms with Gasteiger partial charge in [-0.1, -0.05) is 30.0 Å². The second-order valence-electron chi connectivity index (χ2n) is 4.44. The van der Waals surface area contributed by atoms with Crippen LogP contribution >= 0.6 is 35.3 Å². The van der Waals surface area contributed by atoms with Gasteiger partial charge in [0.2, 0.25) is 0 Å². The summed E-state index contributed by atoms with van der Waals surface area (Å²) in [4.78, 5) is 2.14. The van der Waals surface area contributed by atoms with E-state index >= 15 is 0 Å². The third kappa shape index (κ3) is 3.78. The maximum absolute atomic E-state index is 11.6. The van der Waals surface area contributed by atoms with E-state index in [1.807, 2.05) is 13.2 Å². The van der Waals surface area contributed by atoms with Gasteiger partial charge in [-0.2, -0.15) is 5.10 Å². The smallest absolute Gasteiger partial charge is 0.181 e. The Kier molecular flexibility index (Phi) is 5.04. The molecular weight excluding hydrogens is 322 g/mol. The first-order chi connectivity index (χ1) is 8.95. The Bertz CT molecular complexity index is 592. The molecule has 0 saturated carbocycles. The van der Waals surface area contributed by atoms with Crippen molar-refractivity contribution in [2.24, 2.45) is 0 Å². The summed E-state index contributed by atoms with van der Waals surface area (Å²) in [5.74, 6) is 0.556. The number of hydrogen-bond acceptors (Lipinski definition) is 7. The molecule has 1 aliphatic rings. The number of rotatable bonds is 5. The molecule has 5 nitrogen and oxygen atoms in total. The average Bonchev–Trinajstić information content (AvgIpc) is 2.89. The second-order valence-corrected chi connectivity index (χ2v) is 9.35. The predicted molar refractivity (Wildman–Crippen MR) is 82.2 cm³/mol. The van der Waals surface area contributed by atoms with Crippen LogP contribution in [0.5, 0.6) is 0 Å². The minimum atomic E-state index is -2.85. The molecule has 0 unspecified atom stereocenters. The van der Waals surface area contributed by atoms with Crippen molar-refractivity contribution in [3.05, 3.63) is 3.95 Å². The maximum atomic E-state index is 11.6. The standard InChI is InChI=1S/C10H17N3O2S4/c1-3-12(8-4-5-19(14,15)6-8)7-13-10(16)18-9(11-13)17-2/h8H,3-7H2,1-2H3/t8-/m0/s1. The van der Waals surface area contributed by atoms with Gasteiger partial charge in [-0.15, -0.1) is 0 Å². The zero-order valence-corrected chi connectivity index (χ0v) is 14.2. The van der Waals surface area contributed by atoms with Crippen molar-refractivity contribution in [3.8, 4) is 0 Å². The van der Waals surface area contributed by atoms with E-state index in [2.05, 4.69) is 10.00 Å². The Morgan fingerprint density at radius 1 is 1.63 bits per heavy atom. The van der Waals surface area contributed by atoms with E-state index < -0.39 is 9.84 Å². The zero-order chi connectivity index (χ0) is 14.0. The van der Waals surface area contributed by atoms with E-state index in [1.54, 1.807) is 16.4 Å². The molecule has 0 amide bonds. The lowest BCUT2D eigenvalue weighted by Crippen LogP contribution is -2.37. The summed E-state index contributed by atoms with van der Waals surface area (Å²) in [6, 6.07) is 0.0938. The lowest BCUT2D eigenvalue weighted by molar-refractivity contribution is 0.163. The Hall–Kier alpha value is 0.0400. The molecule has 0 bridgehead atoms. The fourth-order valence-electron chi connectivity index (χ4n) is 2.17. The molecule has 1 atom stereocenters. The Morgan fingerprint density at radius 2 is 2.37 bits per heavy atom. The lowest BCUT2D eigenvalue weighted by Gasteiger charge is -2.25. The molecule has 1 saturated heterocycles. The topological polar surface area (TPSA) is 55.2 Å². The van der Waals surface area contributed by atoms with Gasteiger partial charge in [0.15, 0.2) is 18.1 Å². The molecule has 0 spiro atoms. The van der Waals surface area contributed by atoms with Crippen molar-refractivity contribution < 1.29 is 8.42 Å². The van der Waals surface area contributed by atoms with Crippen molar-refractivity contribution >= 4 is 45.2 Å². The molecule has 1 fully saturated rings. The molecule has 0 radical (unpaired) electrons. The van der Waals surface area contributed by atoms with Crippen LogP contribution in [0.2, 0.25) is 0 Å². The largest absolute Gasteiger partial charge is 0.281 e. The SMILES string of the molecule is CCN(Cn1nc(SC)sc1=S)[C@H]1CCS(=O)(=O)C1. The molecule has 19 heavy (non-hydrogen) atoms. The van der Waals surface area contributed by atoms with Crippen molar-refractivity contribution in [2.75, 3.05) is 24.3 Å². The van der Waals surface area contributed by atoms with Crippen LogP contribution in [0.25, 0.3) is 0 Å². The van der Waals surface area contributed by atoms with Gasteiger partial charge in [-0.05, 0) is 31.4 Å². The highest BCUT2D eigenvalue weighted by molar-refractivity contribution is 8.00. The van der Waals surface area contributed by atoms with Crippen LogP contribution in [0, 0.1) is 3.95 Å². The molecule has 108 valence electrons. The Morgan fingerprint density at radius 3 is 2.84 bits per heavy atom. The number of nitrogens with zero attached hydrogens (tertiary/aromatic N) is 3. The van der Waals surface area contributed by atoms with Crippen molar-refractivity contribution in [1.29, 1.82) is 0 Å². The van der Waals surface area contributed by atoms with Crippen LogP contribution in [-0.4, -0.2) is 53.4 Å². The van der Waals surface area contributed by atoms with Gasteiger partial charge in [0.05, 0.1) is 18.2 Å². The van der Waals surface area contributed by atoms with Gasteiger partial charge in [-0.3, -0.25) is 4.90 Å². The first-order valence-corrected chi connectivity index (χ1v) is 10.3. The molecule has 0 aromatic carbocycles. The van der Waals surface area contributed by atoms with Gasteiger partial charge < -0.3 is 0 Å². The number of thioether (sulfide) groups is 1. The summed E-state index contributed by atoms with van der Waals surface area (Å²) >= 11 is 8.36. The lowest BCUT2D eigenvalue weighted by atomic mass is 10.2. The summed E-state index contributed by atoms with van der Waals surface area (Å²) < 4.78 is 26.6. The average molecular weight is 340 g/mol. The molecular formula is C10H17N3O2S4. The van der Waals surface area contributed by atoms with Crippen LogP contribution in [0.1, 0.15) is 13.3 Å². The van der Waals surface area contributed by atoms with Gasteiger partial charge in [0.25, 0.3) is 0 Å². The summed E-state index contributed by atoms with van der Waals surface area (Å²) in [6.45, 7) is 3.41. The van der Waals surface area contributed by atoms with E-state index in [-0.39, 0.29) is 11.8 Å². The Balaban J connectivity index is 2.11. The van der Waals surface area contributed by atoms with E-state index in [1.165, 1.54) is 11.3 Å². The zero-order valence-electron chi connectivity index (χ0n) is 10.9. The third-order valence-corrected chi connectivity index (χ3v) is 7.24. The fraction of sp³-hybridized carbons (Fsp3) is 0.800. The highest BCUT2D eigenvalue weighted by atomic mass is 32.2. The molecule has 2 heterocycles. The van der Waals surface area contributed by atoms with E-state index in [9.17, 15) is 8.42 Å². The van der Waals surface area contributed by atoms with Crippen LogP contribution in [-0.2, 0) is 16.5 Å². The first-order valence-electron chi connectivity index (χ1n) is 6.01. The number of hydrogen-bond donors (Lipinski definition) is 0. The molecule has 0 aliphatic carbocycles. The quantitative estimate of drug-likeness (QED) is 0.603. The monoisotopic (exact) mass is 339 g/mol. The molecule has 1 aromatic heterocycles. The summed E-state index contributed by atoms with van der Waals surface area (Å²) in [7, 11) is -2.85. The van der Waals surface area contributed by atoms with E-state index in [4.69, 9.17) is 12.2 Å². The van der Waals surface area contributed by atoms with Crippen molar-refractivity contribution in [1.82, 2.24) is 14.7 Å². The van der Waals surface area contributed by atoms with Gasteiger partial charge in [-0.25, -0.2) is 13.1 Å². The Labute approximate surface area is 126 Å². The second kappa shape index (κ2) is 6.21. The summed E-state index contributed by atoms with van der Waals surface area (Å²) in [5, 5.41) is 4.43. The molecule has 1 aliphatic heterocycles. The minimum absolute atomic E-state index is 0.0938. The fourth-order valence-corrected chi connectivity index (χ4v) is 5.67. The van der Waals surface area contributed by atoms with E-state index in [0.29, 0.717) is 18.8 Å². The van der Waals surface area contributed by atoms with Crippen LogP contribution in [0.3, 0.4) is 0 Å². The molecule has 1 aromatic rings. The third-order valence-electron chi connectivity index (χ3n) is 3.21. The highest BCUT2D eigenvalue weighted by Crippen LogP contribution is 2.21. The van der Waals surface area contributed by atoms with Gasteiger partial charge in [0.1, 0.15) is 0 Å². The van der Waals surface area contributed by atoms with Gasteiger partial charge >= 0.3 is 0 Å². The molecule has 2 rings (SSSR count). The van der Waals surface area contributed by atoms with Crippen molar-refractivity contribution in [3.63, 3.8) is 0 Å². The van der Waals surface area contributed by atoms with Crippen LogP contribution in [0.4, 0.5) is 0 Å².